The number of hydrogen-bond donors (Lipinski definition) is 0. The van der Waals surface area contributed by atoms with Crippen LogP contribution in [0.3, 0.4) is 0 Å². The van der Waals surface area contributed by atoms with E-state index in [2.05, 4.69) is 4.90 Å². The molecule has 1 heterocycles. The van der Waals surface area contributed by atoms with Crippen molar-refractivity contribution in [2.75, 3.05) is 31.1 Å². The highest BCUT2D eigenvalue weighted by Gasteiger charge is 2.20. The second-order valence-corrected chi connectivity index (χ2v) is 6.27. The van der Waals surface area contributed by atoms with Crippen molar-refractivity contribution in [2.45, 2.75) is 0 Å². The number of non-ortho nitro benzene ring substituents is 2. The van der Waals surface area contributed by atoms with Crippen molar-refractivity contribution in [1.29, 1.82) is 0 Å². The first-order valence-electron chi connectivity index (χ1n) is 8.65. The van der Waals surface area contributed by atoms with Crippen molar-refractivity contribution in [1.82, 2.24) is 4.90 Å². The number of anilines is 1. The van der Waals surface area contributed by atoms with Crippen molar-refractivity contribution < 1.29 is 14.6 Å². The Kier molecular flexibility index (Phi) is 5.64. The van der Waals surface area contributed by atoms with Crippen LogP contribution in [0.5, 0.6) is 0 Å². The van der Waals surface area contributed by atoms with E-state index in [0.717, 1.165) is 5.69 Å². The normalized spacial score (nSPS) is 14.3. The lowest BCUT2D eigenvalue weighted by molar-refractivity contribution is -0.385. The molecule has 0 radical (unpaired) electrons. The van der Waals surface area contributed by atoms with E-state index in [4.69, 9.17) is 0 Å². The molecule has 9 heteroatoms. The fraction of sp³-hybridized carbons (Fsp3) is 0.211. The lowest BCUT2D eigenvalue weighted by Crippen LogP contribution is -2.48. The number of hydrogen-bond acceptors (Lipinski definition) is 6. The van der Waals surface area contributed by atoms with Gasteiger partial charge in [0, 0.05) is 62.2 Å². The zero-order chi connectivity index (χ0) is 20.1. The van der Waals surface area contributed by atoms with E-state index >= 15 is 0 Å². The SMILES string of the molecule is O=C(C=Cc1ccc([N+](=O)[O-])cc1)N1CCN(c2ccc([N+](=O)[O-])cc2)CC1. The molecular formula is C19H18N4O5. The van der Waals surface area contributed by atoms with Gasteiger partial charge in [-0.05, 0) is 35.9 Å². The monoisotopic (exact) mass is 382 g/mol. The van der Waals surface area contributed by atoms with E-state index < -0.39 is 9.85 Å². The van der Waals surface area contributed by atoms with Gasteiger partial charge in [0.2, 0.25) is 5.91 Å². The summed E-state index contributed by atoms with van der Waals surface area (Å²) in [6.45, 7) is 2.35. The fourth-order valence-corrected chi connectivity index (χ4v) is 2.95. The average molecular weight is 382 g/mol. The van der Waals surface area contributed by atoms with Gasteiger partial charge in [0.1, 0.15) is 0 Å². The molecule has 0 bridgehead atoms. The molecule has 0 aromatic heterocycles. The van der Waals surface area contributed by atoms with Gasteiger partial charge in [-0.25, -0.2) is 0 Å². The van der Waals surface area contributed by atoms with Crippen LogP contribution in [-0.4, -0.2) is 46.8 Å². The zero-order valence-electron chi connectivity index (χ0n) is 14.9. The maximum absolute atomic E-state index is 12.3. The molecule has 0 unspecified atom stereocenters. The van der Waals surface area contributed by atoms with Crippen LogP contribution in [0.1, 0.15) is 5.56 Å². The Balaban J connectivity index is 1.54. The molecule has 1 saturated heterocycles. The fourth-order valence-electron chi connectivity index (χ4n) is 2.95. The number of nitro benzene ring substituents is 2. The molecule has 28 heavy (non-hydrogen) atoms. The van der Waals surface area contributed by atoms with Crippen LogP contribution in [0.15, 0.2) is 54.6 Å². The Morgan fingerprint density at radius 1 is 0.821 bits per heavy atom. The quantitative estimate of drug-likeness (QED) is 0.447. The summed E-state index contributed by atoms with van der Waals surface area (Å²) in [5, 5.41) is 21.4. The second kappa shape index (κ2) is 8.30. The summed E-state index contributed by atoms with van der Waals surface area (Å²) in [5.41, 5.74) is 1.65. The number of nitro groups is 2. The standard InChI is InChI=1S/C19H18N4O5/c24-19(10-3-15-1-4-17(5-2-15)22(25)26)21-13-11-20(12-14-21)16-6-8-18(9-7-16)23(27)28/h1-10H,11-14H2. The Bertz CT molecular complexity index is 901. The van der Waals surface area contributed by atoms with Gasteiger partial charge >= 0.3 is 0 Å². The first-order valence-corrected chi connectivity index (χ1v) is 8.65. The van der Waals surface area contributed by atoms with Gasteiger partial charge in [0.25, 0.3) is 11.4 Å². The van der Waals surface area contributed by atoms with Crippen molar-refractivity contribution in [3.8, 4) is 0 Å². The van der Waals surface area contributed by atoms with Crippen LogP contribution >= 0.6 is 0 Å². The minimum atomic E-state index is -0.469. The molecule has 0 spiro atoms. The molecule has 0 saturated carbocycles. The molecule has 2 aromatic rings. The number of rotatable bonds is 5. The maximum Gasteiger partial charge on any atom is 0.269 e. The van der Waals surface area contributed by atoms with Crippen LogP contribution in [0.4, 0.5) is 17.1 Å². The van der Waals surface area contributed by atoms with Gasteiger partial charge < -0.3 is 9.80 Å². The highest BCUT2D eigenvalue weighted by atomic mass is 16.6. The molecule has 1 aliphatic heterocycles. The summed E-state index contributed by atoms with van der Waals surface area (Å²) in [5.74, 6) is -0.123. The Morgan fingerprint density at radius 3 is 1.82 bits per heavy atom. The minimum Gasteiger partial charge on any atom is -0.368 e. The number of piperazine rings is 1. The van der Waals surface area contributed by atoms with Crippen molar-refractivity contribution in [3.63, 3.8) is 0 Å². The van der Waals surface area contributed by atoms with Crippen LogP contribution in [0, 0.1) is 20.2 Å². The lowest BCUT2D eigenvalue weighted by Gasteiger charge is -2.35. The smallest absolute Gasteiger partial charge is 0.269 e. The molecule has 1 fully saturated rings. The van der Waals surface area contributed by atoms with Gasteiger partial charge in [-0.3, -0.25) is 25.0 Å². The van der Waals surface area contributed by atoms with Gasteiger partial charge in [0.15, 0.2) is 0 Å². The number of carbonyl (C=O) groups is 1. The molecule has 1 aliphatic rings. The Morgan fingerprint density at radius 2 is 1.32 bits per heavy atom. The van der Waals surface area contributed by atoms with Crippen LogP contribution < -0.4 is 4.90 Å². The average Bonchev–Trinajstić information content (AvgIpc) is 2.72. The number of carbonyl (C=O) groups excluding carboxylic acids is 1. The lowest BCUT2D eigenvalue weighted by atomic mass is 10.2. The highest BCUT2D eigenvalue weighted by molar-refractivity contribution is 5.92. The molecule has 144 valence electrons. The topological polar surface area (TPSA) is 110 Å². The molecule has 2 aromatic carbocycles. The van der Waals surface area contributed by atoms with Gasteiger partial charge in [-0.15, -0.1) is 0 Å². The Hall–Kier alpha value is -3.75. The molecule has 9 nitrogen and oxygen atoms in total. The Labute approximate surface area is 160 Å². The molecule has 0 N–H and O–H groups in total. The van der Waals surface area contributed by atoms with Crippen molar-refractivity contribution in [2.24, 2.45) is 0 Å². The summed E-state index contributed by atoms with van der Waals surface area (Å²) in [4.78, 5) is 36.6. The van der Waals surface area contributed by atoms with Crippen molar-refractivity contribution in [3.05, 3.63) is 80.4 Å². The molecule has 3 rings (SSSR count). The first-order chi connectivity index (χ1) is 13.4. The molecule has 0 aliphatic carbocycles. The maximum atomic E-state index is 12.3. The van der Waals surface area contributed by atoms with Crippen LogP contribution in [0.2, 0.25) is 0 Å². The van der Waals surface area contributed by atoms with E-state index in [1.165, 1.54) is 30.3 Å². The van der Waals surface area contributed by atoms with E-state index in [1.807, 2.05) is 0 Å². The van der Waals surface area contributed by atoms with Gasteiger partial charge in [-0.1, -0.05) is 0 Å². The van der Waals surface area contributed by atoms with Gasteiger partial charge in [0.05, 0.1) is 9.85 Å². The van der Waals surface area contributed by atoms with E-state index in [9.17, 15) is 25.0 Å². The van der Waals surface area contributed by atoms with Crippen LogP contribution in [0.25, 0.3) is 6.08 Å². The second-order valence-electron chi connectivity index (χ2n) is 6.27. The summed E-state index contributed by atoms with van der Waals surface area (Å²) in [7, 11) is 0. The third-order valence-electron chi connectivity index (χ3n) is 4.54. The third-order valence-corrected chi connectivity index (χ3v) is 4.54. The van der Waals surface area contributed by atoms with Crippen LogP contribution in [-0.2, 0) is 4.79 Å². The largest absolute Gasteiger partial charge is 0.368 e. The number of amides is 1. The summed E-state index contributed by atoms with van der Waals surface area (Å²) in [6.07, 6.45) is 3.09. The number of nitrogens with zero attached hydrogens (tertiary/aromatic N) is 4. The van der Waals surface area contributed by atoms with E-state index in [-0.39, 0.29) is 17.3 Å². The first kappa shape index (κ1) is 19.0. The van der Waals surface area contributed by atoms with E-state index in [0.29, 0.717) is 31.7 Å². The molecule has 0 atom stereocenters. The molecular weight excluding hydrogens is 364 g/mol. The van der Waals surface area contributed by atoms with Crippen molar-refractivity contribution >= 4 is 29.0 Å². The summed E-state index contributed by atoms with van der Waals surface area (Å²) >= 11 is 0. The zero-order valence-corrected chi connectivity index (χ0v) is 14.9. The summed E-state index contributed by atoms with van der Waals surface area (Å²) in [6, 6.07) is 12.3. The summed E-state index contributed by atoms with van der Waals surface area (Å²) < 4.78 is 0. The number of benzene rings is 2. The predicted octanol–water partition coefficient (Wildman–Crippen LogP) is 2.87. The third kappa shape index (κ3) is 4.50. The molecule has 1 amide bonds. The van der Waals surface area contributed by atoms with Gasteiger partial charge in [-0.2, -0.15) is 0 Å². The minimum absolute atomic E-state index is 0.00541. The predicted molar refractivity (Wildman–Crippen MR) is 104 cm³/mol. The highest BCUT2D eigenvalue weighted by Crippen LogP contribution is 2.21. The van der Waals surface area contributed by atoms with E-state index in [1.54, 1.807) is 35.2 Å².